The number of benzene rings is 8. The van der Waals surface area contributed by atoms with Gasteiger partial charge < -0.3 is 4.57 Å². The number of para-hydroxylation sites is 1. The molecule has 2 heterocycles. The van der Waals surface area contributed by atoms with Gasteiger partial charge in [0.25, 0.3) is 0 Å². The maximum absolute atomic E-state index is 14.6. The maximum atomic E-state index is 14.6. The molecule has 296 valence electrons. The normalized spacial score (nSPS) is 11.5. The molecule has 0 N–H and O–H groups in total. The van der Waals surface area contributed by atoms with Crippen molar-refractivity contribution in [1.82, 2.24) is 14.5 Å². The lowest BCUT2D eigenvalue weighted by Gasteiger charge is -2.22. The summed E-state index contributed by atoms with van der Waals surface area (Å²) in [6, 6.07) is 61.5. The highest BCUT2D eigenvalue weighted by molar-refractivity contribution is 6.12. The zero-order chi connectivity index (χ0) is 42.4. The number of alkyl halides is 3. The number of nitrogens with zero attached hydrogens (tertiary/aromatic N) is 4. The Kier molecular flexibility index (Phi) is 9.54. The van der Waals surface area contributed by atoms with Crippen LogP contribution in [0.5, 0.6) is 0 Å². The van der Waals surface area contributed by atoms with Crippen LogP contribution in [0.3, 0.4) is 0 Å². The van der Waals surface area contributed by atoms with Crippen molar-refractivity contribution < 1.29 is 13.2 Å². The topological polar surface area (TPSA) is 35.1 Å². The molecular formula is C55H35F3N4. The molecule has 0 radical (unpaired) electrons. The summed E-state index contributed by atoms with van der Waals surface area (Å²) in [5, 5.41) is 1.98. The molecular weight excluding hydrogens is 774 g/mol. The van der Waals surface area contributed by atoms with Crippen LogP contribution >= 0.6 is 0 Å². The Bertz CT molecular complexity index is 3290. The molecule has 8 aromatic carbocycles. The summed E-state index contributed by atoms with van der Waals surface area (Å²) in [6.07, 6.45) is -4.56. The Labute approximate surface area is 356 Å². The van der Waals surface area contributed by atoms with E-state index in [2.05, 4.69) is 57.9 Å². The zero-order valence-electron chi connectivity index (χ0n) is 33.4. The molecule has 4 nitrogen and oxygen atoms in total. The van der Waals surface area contributed by atoms with Gasteiger partial charge in [-0.15, -0.1) is 0 Å². The van der Waals surface area contributed by atoms with Crippen LogP contribution in [0.25, 0.3) is 99.6 Å². The van der Waals surface area contributed by atoms with Crippen LogP contribution in [-0.4, -0.2) is 14.5 Å². The van der Waals surface area contributed by atoms with Crippen LogP contribution in [0.4, 0.5) is 18.9 Å². The molecule has 0 fully saturated rings. The van der Waals surface area contributed by atoms with E-state index in [-0.39, 0.29) is 0 Å². The van der Waals surface area contributed by atoms with Crippen molar-refractivity contribution in [2.24, 2.45) is 0 Å². The molecule has 0 aliphatic heterocycles. The van der Waals surface area contributed by atoms with Gasteiger partial charge in [-0.1, -0.05) is 151 Å². The van der Waals surface area contributed by atoms with E-state index in [1.165, 1.54) is 12.1 Å². The second-order valence-electron chi connectivity index (χ2n) is 15.3. The highest BCUT2D eigenvalue weighted by Gasteiger charge is 2.31. The van der Waals surface area contributed by atoms with E-state index in [1.807, 2.05) is 128 Å². The first-order chi connectivity index (χ1) is 30.2. The summed E-state index contributed by atoms with van der Waals surface area (Å²) in [7, 11) is 0. The average Bonchev–Trinajstić information content (AvgIpc) is 3.64. The second kappa shape index (κ2) is 15.5. The Morgan fingerprint density at radius 3 is 1.73 bits per heavy atom. The van der Waals surface area contributed by atoms with Crippen molar-refractivity contribution in [3.63, 3.8) is 0 Å². The molecule has 0 saturated carbocycles. The number of fused-ring (bicyclic) bond motifs is 3. The summed E-state index contributed by atoms with van der Waals surface area (Å²) in [5.74, 6) is 0.533. The van der Waals surface area contributed by atoms with E-state index in [0.29, 0.717) is 28.3 Å². The zero-order valence-corrected chi connectivity index (χ0v) is 33.4. The summed E-state index contributed by atoms with van der Waals surface area (Å²) < 4.78 is 46.0. The van der Waals surface area contributed by atoms with Crippen molar-refractivity contribution >= 4 is 27.5 Å². The minimum Gasteiger partial charge on any atom is -0.308 e. The van der Waals surface area contributed by atoms with Crippen LogP contribution in [0.1, 0.15) is 11.1 Å². The lowest BCUT2D eigenvalue weighted by atomic mass is 9.90. The third kappa shape index (κ3) is 7.08. The van der Waals surface area contributed by atoms with Gasteiger partial charge in [-0.3, -0.25) is 0 Å². The Balaban J connectivity index is 1.32. The van der Waals surface area contributed by atoms with Crippen LogP contribution in [0.15, 0.2) is 194 Å². The summed E-state index contributed by atoms with van der Waals surface area (Å²) in [6.45, 7) is 9.46. The highest BCUT2D eigenvalue weighted by Crippen LogP contribution is 2.46. The van der Waals surface area contributed by atoms with Crippen LogP contribution in [0, 0.1) is 13.5 Å². The van der Waals surface area contributed by atoms with Gasteiger partial charge in [0, 0.05) is 38.6 Å². The van der Waals surface area contributed by atoms with Crippen LogP contribution in [-0.2, 0) is 6.18 Å². The van der Waals surface area contributed by atoms with Crippen molar-refractivity contribution in [3.8, 4) is 73.0 Å². The van der Waals surface area contributed by atoms with E-state index in [4.69, 9.17) is 16.5 Å². The second-order valence-corrected chi connectivity index (χ2v) is 15.3. The predicted octanol–water partition coefficient (Wildman–Crippen LogP) is 15.5. The van der Waals surface area contributed by atoms with Crippen LogP contribution in [0.2, 0.25) is 0 Å². The van der Waals surface area contributed by atoms with Crippen molar-refractivity contribution in [3.05, 3.63) is 217 Å². The fourth-order valence-corrected chi connectivity index (χ4v) is 8.33. The third-order valence-corrected chi connectivity index (χ3v) is 11.3. The highest BCUT2D eigenvalue weighted by atomic mass is 19.4. The number of rotatable bonds is 7. The minimum absolute atomic E-state index is 0.411. The van der Waals surface area contributed by atoms with Crippen molar-refractivity contribution in [1.29, 1.82) is 0 Å². The first-order valence-corrected chi connectivity index (χ1v) is 20.2. The minimum atomic E-state index is -4.56. The molecule has 0 unspecified atom stereocenters. The molecule has 10 rings (SSSR count). The molecule has 0 saturated heterocycles. The van der Waals surface area contributed by atoms with Gasteiger partial charge >= 0.3 is 6.18 Å². The summed E-state index contributed by atoms with van der Waals surface area (Å²) in [5.41, 5.74) is 11.9. The van der Waals surface area contributed by atoms with E-state index in [9.17, 15) is 13.2 Å². The Morgan fingerprint density at radius 2 is 1.05 bits per heavy atom. The predicted molar refractivity (Wildman–Crippen MR) is 245 cm³/mol. The lowest BCUT2D eigenvalue weighted by Crippen LogP contribution is -2.06. The summed E-state index contributed by atoms with van der Waals surface area (Å²) >= 11 is 0. The van der Waals surface area contributed by atoms with Gasteiger partial charge in [-0.25, -0.2) is 14.8 Å². The number of hydrogen-bond acceptors (Lipinski definition) is 2. The lowest BCUT2D eigenvalue weighted by molar-refractivity contribution is -0.137. The van der Waals surface area contributed by atoms with Crippen LogP contribution < -0.4 is 0 Å². The first kappa shape index (κ1) is 38.1. The molecule has 0 bridgehead atoms. The summed E-state index contributed by atoms with van der Waals surface area (Å²) in [4.78, 5) is 13.8. The molecule has 0 aliphatic rings. The van der Waals surface area contributed by atoms with Crippen molar-refractivity contribution in [2.45, 2.75) is 13.1 Å². The fourth-order valence-electron chi connectivity index (χ4n) is 8.33. The number of halogens is 3. The van der Waals surface area contributed by atoms with Crippen molar-refractivity contribution in [2.75, 3.05) is 0 Å². The molecule has 7 heteroatoms. The molecule has 0 atom stereocenters. The third-order valence-electron chi connectivity index (χ3n) is 11.3. The van der Waals surface area contributed by atoms with Gasteiger partial charge in [-0.2, -0.15) is 13.2 Å². The molecule has 0 aliphatic carbocycles. The Hall–Kier alpha value is -8.08. The number of aryl methyl sites for hydroxylation is 1. The van der Waals surface area contributed by atoms with Gasteiger partial charge in [0.15, 0.2) is 11.5 Å². The smallest absolute Gasteiger partial charge is 0.308 e. The molecule has 62 heavy (non-hydrogen) atoms. The Morgan fingerprint density at radius 1 is 0.468 bits per heavy atom. The van der Waals surface area contributed by atoms with E-state index >= 15 is 0 Å². The number of aromatic nitrogens is 3. The first-order valence-electron chi connectivity index (χ1n) is 20.2. The van der Waals surface area contributed by atoms with E-state index in [0.717, 1.165) is 83.8 Å². The SMILES string of the molecule is [C-]#[N+]c1ccc(-c2ccc3c(c2)c2ccccc2n3-c2c(-c3cccc(C)c3)cc(-c3cc(-c4ccccc4)nc(-c4ccccc4)n3)cc2-c2cccc(C(F)(F)F)c2)cc1. The monoisotopic (exact) mass is 808 g/mol. The van der Waals surface area contributed by atoms with Gasteiger partial charge in [0.05, 0.1) is 40.2 Å². The standard InChI is InChI=1S/C55H35F3N4/c1-35-13-11-18-40(29-35)46-32-42(50-34-49(37-14-5-3-6-15-37)60-54(61-50)38-16-7-4-8-17-38)33-47(41-19-12-20-43(30-41)55(56,57)58)53(46)62-51-22-10-9-21-45(51)48-31-39(25-28-52(48)62)36-23-26-44(59-2)27-24-36/h3-34H,1H3. The maximum Gasteiger partial charge on any atom is 0.416 e. The quantitative estimate of drug-likeness (QED) is 0.150. The largest absolute Gasteiger partial charge is 0.416 e. The number of hydrogen-bond donors (Lipinski definition) is 0. The van der Waals surface area contributed by atoms with Gasteiger partial charge in [0.1, 0.15) is 0 Å². The molecule has 0 spiro atoms. The van der Waals surface area contributed by atoms with E-state index < -0.39 is 11.7 Å². The molecule has 0 amide bonds. The molecule has 10 aromatic rings. The molecule has 2 aromatic heterocycles. The van der Waals surface area contributed by atoms with Gasteiger partial charge in [-0.05, 0) is 77.7 Å². The van der Waals surface area contributed by atoms with E-state index in [1.54, 1.807) is 6.07 Å². The van der Waals surface area contributed by atoms with Gasteiger partial charge in [0.2, 0.25) is 0 Å². The fraction of sp³-hybridized carbons (Fsp3) is 0.0364. The average molecular weight is 809 g/mol.